The zero-order valence-electron chi connectivity index (χ0n) is 17.4. The van der Waals surface area contributed by atoms with E-state index in [1.165, 1.54) is 12.1 Å². The van der Waals surface area contributed by atoms with Crippen molar-refractivity contribution in [3.63, 3.8) is 0 Å². The lowest BCUT2D eigenvalue weighted by Crippen LogP contribution is -2.46. The number of hydrogen-bond acceptors (Lipinski definition) is 4. The van der Waals surface area contributed by atoms with Gasteiger partial charge in [0.25, 0.3) is 0 Å². The number of hydrogen-bond donors (Lipinski definition) is 2. The number of benzene rings is 1. The van der Waals surface area contributed by atoms with E-state index in [2.05, 4.69) is 32.9 Å². The van der Waals surface area contributed by atoms with Gasteiger partial charge in [-0.05, 0) is 32.2 Å². The number of nitrogens with zero attached hydrogens (tertiary/aromatic N) is 3. The molecule has 6 nitrogen and oxygen atoms in total. The number of H-pyrrole nitrogens is 1. The Bertz CT molecular complexity index is 1080. The third kappa shape index (κ3) is 4.63. The van der Waals surface area contributed by atoms with Crippen LogP contribution in [-0.4, -0.2) is 35.1 Å². The van der Waals surface area contributed by atoms with E-state index < -0.39 is 11.9 Å². The molecule has 0 amide bonds. The van der Waals surface area contributed by atoms with E-state index in [1.807, 2.05) is 12.3 Å². The molecule has 1 saturated heterocycles. The van der Waals surface area contributed by atoms with Crippen molar-refractivity contribution in [1.29, 1.82) is 0 Å². The Kier molecular flexibility index (Phi) is 6.36. The van der Waals surface area contributed by atoms with Gasteiger partial charge in [-0.3, -0.25) is 0 Å². The third-order valence-corrected chi connectivity index (χ3v) is 6.45. The summed E-state index contributed by atoms with van der Waals surface area (Å²) in [5, 5.41) is 3.60. The van der Waals surface area contributed by atoms with Gasteiger partial charge in [-0.2, -0.15) is 5.10 Å². The van der Waals surface area contributed by atoms with Crippen LogP contribution in [0, 0.1) is 5.82 Å². The summed E-state index contributed by atoms with van der Waals surface area (Å²) in [6, 6.07) is 4.95. The van der Waals surface area contributed by atoms with Gasteiger partial charge in [0.2, 0.25) is 6.20 Å². The number of piperidine rings is 1. The zero-order chi connectivity index (χ0) is 22.1. The Morgan fingerprint density at radius 3 is 2.77 bits per heavy atom. The second-order valence-corrected chi connectivity index (χ2v) is 8.71. The van der Waals surface area contributed by atoms with Gasteiger partial charge in [-0.25, -0.2) is 9.37 Å². The van der Waals surface area contributed by atoms with Crippen LogP contribution in [0.15, 0.2) is 36.8 Å². The van der Waals surface area contributed by atoms with Crippen LogP contribution in [0.5, 0.6) is 5.75 Å². The fraction of sp³-hybridized carbons (Fsp3) is 0.364. The van der Waals surface area contributed by atoms with E-state index in [1.54, 1.807) is 13.1 Å². The molecule has 1 unspecified atom stereocenters. The minimum absolute atomic E-state index is 0.0625. The quantitative estimate of drug-likeness (QED) is 0.420. The highest BCUT2D eigenvalue weighted by atomic mass is 35.5. The van der Waals surface area contributed by atoms with Gasteiger partial charge < -0.3 is 15.4 Å². The summed E-state index contributed by atoms with van der Waals surface area (Å²) in [7, 11) is 2.15. The highest BCUT2D eigenvalue weighted by Gasteiger charge is 2.26. The monoisotopic (exact) mass is 464 g/mol. The van der Waals surface area contributed by atoms with E-state index in [9.17, 15) is 4.39 Å². The van der Waals surface area contributed by atoms with Gasteiger partial charge in [0.1, 0.15) is 11.9 Å². The predicted molar refractivity (Wildman–Crippen MR) is 120 cm³/mol. The number of ether oxygens (including phenoxy) is 1. The molecule has 1 aliphatic heterocycles. The van der Waals surface area contributed by atoms with Crippen LogP contribution in [-0.2, 0) is 0 Å². The number of halogens is 3. The fourth-order valence-corrected chi connectivity index (χ4v) is 4.56. The number of likely N-dealkylation sites (tertiary alicyclic amines) is 1. The van der Waals surface area contributed by atoms with Gasteiger partial charge in [-0.15, -0.1) is 4.68 Å². The van der Waals surface area contributed by atoms with Crippen molar-refractivity contribution in [1.82, 2.24) is 15.0 Å². The SMILES string of the molecule is CC(Oc1cc(-c2c[nH][n+](C3CCN(C)CC3)c2)cnc1N)c1c(Cl)ccc(F)c1Cl. The third-order valence-electron chi connectivity index (χ3n) is 5.73. The normalized spacial score (nSPS) is 16.4. The minimum Gasteiger partial charge on any atom is -0.482 e. The average molecular weight is 465 g/mol. The zero-order valence-corrected chi connectivity index (χ0v) is 18.9. The largest absolute Gasteiger partial charge is 0.482 e. The molecule has 1 aromatic carbocycles. The molecule has 3 aromatic rings. The van der Waals surface area contributed by atoms with Gasteiger partial charge in [0.15, 0.2) is 17.6 Å². The Labute approximate surface area is 190 Å². The summed E-state index contributed by atoms with van der Waals surface area (Å²) < 4.78 is 22.1. The molecule has 0 saturated carbocycles. The summed E-state index contributed by atoms with van der Waals surface area (Å²) in [5.74, 6) is 0.0635. The first-order valence-corrected chi connectivity index (χ1v) is 10.9. The Hall–Kier alpha value is -2.35. The Balaban J connectivity index is 1.56. The summed E-state index contributed by atoms with van der Waals surface area (Å²) in [4.78, 5) is 6.62. The lowest BCUT2D eigenvalue weighted by Gasteiger charge is -2.24. The standard InChI is InChI=1S/C22H24Cl2FN5O/c1-13(20-17(23)3-4-18(25)21(20)24)31-19-9-14(10-27-22(19)26)15-11-28-30(12-15)16-5-7-29(2)8-6-16/h3-4,9-13,16H,5-8H2,1-2H3,(H2,26,27)/p+1. The van der Waals surface area contributed by atoms with E-state index >= 15 is 0 Å². The Morgan fingerprint density at radius 1 is 1.29 bits per heavy atom. The molecular formula is C22H25Cl2FN5O+. The summed E-state index contributed by atoms with van der Waals surface area (Å²) in [6.07, 6.45) is 7.31. The van der Waals surface area contributed by atoms with Crippen molar-refractivity contribution in [3.05, 3.63) is 58.2 Å². The predicted octanol–water partition coefficient (Wildman–Crippen LogP) is 4.80. The van der Waals surface area contributed by atoms with Crippen LogP contribution in [0.25, 0.3) is 11.1 Å². The summed E-state index contributed by atoms with van der Waals surface area (Å²) >= 11 is 12.3. The molecule has 0 aliphatic carbocycles. The first-order valence-electron chi connectivity index (χ1n) is 10.2. The highest BCUT2D eigenvalue weighted by molar-refractivity contribution is 6.36. The number of aromatic amines is 1. The maximum absolute atomic E-state index is 13.9. The van der Waals surface area contributed by atoms with Crippen molar-refractivity contribution in [2.75, 3.05) is 25.9 Å². The molecule has 0 radical (unpaired) electrons. The van der Waals surface area contributed by atoms with Crippen LogP contribution in [0.4, 0.5) is 10.2 Å². The van der Waals surface area contributed by atoms with Crippen molar-refractivity contribution in [2.45, 2.75) is 31.9 Å². The maximum Gasteiger partial charge on any atom is 0.203 e. The van der Waals surface area contributed by atoms with Crippen LogP contribution in [0.2, 0.25) is 10.0 Å². The van der Waals surface area contributed by atoms with E-state index in [0.717, 1.165) is 37.1 Å². The van der Waals surface area contributed by atoms with E-state index in [0.29, 0.717) is 22.4 Å². The molecule has 1 fully saturated rings. The first-order chi connectivity index (χ1) is 14.8. The molecule has 164 valence electrons. The molecular weight excluding hydrogens is 440 g/mol. The smallest absolute Gasteiger partial charge is 0.203 e. The average Bonchev–Trinajstić information content (AvgIpc) is 3.23. The number of nitrogens with two attached hydrogens (primary N) is 1. The lowest BCUT2D eigenvalue weighted by molar-refractivity contribution is -0.775. The molecule has 3 heterocycles. The Morgan fingerprint density at radius 2 is 2.03 bits per heavy atom. The second-order valence-electron chi connectivity index (χ2n) is 7.92. The molecule has 2 aromatic heterocycles. The topological polar surface area (TPSA) is 71.0 Å². The number of aromatic nitrogens is 3. The van der Waals surface area contributed by atoms with E-state index in [-0.39, 0.29) is 10.8 Å². The molecule has 4 rings (SSSR count). The minimum atomic E-state index is -0.620. The second kappa shape index (κ2) is 9.02. The number of pyridine rings is 1. The van der Waals surface area contributed by atoms with Crippen molar-refractivity contribution >= 4 is 29.0 Å². The van der Waals surface area contributed by atoms with Crippen LogP contribution < -0.4 is 15.2 Å². The molecule has 9 heteroatoms. The van der Waals surface area contributed by atoms with Crippen molar-refractivity contribution in [2.24, 2.45) is 0 Å². The van der Waals surface area contributed by atoms with Crippen LogP contribution in [0.3, 0.4) is 0 Å². The molecule has 0 bridgehead atoms. The van der Waals surface area contributed by atoms with Gasteiger partial charge >= 0.3 is 0 Å². The van der Waals surface area contributed by atoms with Crippen molar-refractivity contribution < 1.29 is 13.8 Å². The number of rotatable bonds is 5. The molecule has 1 aliphatic rings. The first kappa shape index (κ1) is 21.9. The van der Waals surface area contributed by atoms with Gasteiger partial charge in [0, 0.05) is 48.3 Å². The van der Waals surface area contributed by atoms with Gasteiger partial charge in [-0.1, -0.05) is 23.2 Å². The summed E-state index contributed by atoms with van der Waals surface area (Å²) in [6.45, 7) is 3.90. The van der Waals surface area contributed by atoms with E-state index in [4.69, 9.17) is 33.7 Å². The number of anilines is 1. The van der Waals surface area contributed by atoms with Crippen LogP contribution in [0.1, 0.15) is 37.5 Å². The molecule has 1 atom stereocenters. The lowest BCUT2D eigenvalue weighted by atomic mass is 10.1. The molecule has 0 spiro atoms. The maximum atomic E-state index is 13.9. The molecule has 31 heavy (non-hydrogen) atoms. The van der Waals surface area contributed by atoms with Crippen LogP contribution >= 0.6 is 23.2 Å². The highest BCUT2D eigenvalue weighted by Crippen LogP contribution is 2.36. The number of nitrogen functional groups attached to an aromatic ring is 1. The summed E-state index contributed by atoms with van der Waals surface area (Å²) in [5.41, 5.74) is 8.25. The molecule has 3 N–H and O–H groups in total. The fourth-order valence-electron chi connectivity index (χ4n) is 3.88. The number of nitrogens with one attached hydrogen (secondary N) is 1. The van der Waals surface area contributed by atoms with Crippen molar-refractivity contribution in [3.8, 4) is 16.9 Å². The van der Waals surface area contributed by atoms with Gasteiger partial charge in [0.05, 0.1) is 16.8 Å².